The predicted octanol–water partition coefficient (Wildman–Crippen LogP) is 3.36. The van der Waals surface area contributed by atoms with Crippen molar-refractivity contribution in [2.75, 3.05) is 13.2 Å². The Kier molecular flexibility index (Phi) is 7.06. The van der Waals surface area contributed by atoms with Crippen LogP contribution in [0, 0.1) is 5.92 Å². The molecule has 2 heteroatoms. The van der Waals surface area contributed by atoms with Gasteiger partial charge in [0.2, 0.25) is 0 Å². The van der Waals surface area contributed by atoms with Gasteiger partial charge in [0, 0.05) is 12.6 Å². The van der Waals surface area contributed by atoms with Crippen molar-refractivity contribution in [1.82, 2.24) is 5.32 Å². The van der Waals surface area contributed by atoms with E-state index in [9.17, 15) is 0 Å². The summed E-state index contributed by atoms with van der Waals surface area (Å²) in [6.07, 6.45) is 8.08. The lowest BCUT2D eigenvalue weighted by Gasteiger charge is -2.29. The van der Waals surface area contributed by atoms with E-state index in [1.807, 2.05) is 0 Å². The van der Waals surface area contributed by atoms with E-state index in [1.54, 1.807) is 0 Å². The summed E-state index contributed by atoms with van der Waals surface area (Å²) in [5.41, 5.74) is 0. The molecule has 0 aromatic heterocycles. The molecule has 16 heavy (non-hydrogen) atoms. The SMILES string of the molecule is CCCNC1CCC(OCCC(C)C)CC1. The average Bonchev–Trinajstić information content (AvgIpc) is 2.27. The minimum atomic E-state index is 0.540. The first kappa shape index (κ1) is 14.0. The minimum absolute atomic E-state index is 0.540. The average molecular weight is 227 g/mol. The van der Waals surface area contributed by atoms with Gasteiger partial charge < -0.3 is 10.1 Å². The fourth-order valence-electron chi connectivity index (χ4n) is 2.25. The smallest absolute Gasteiger partial charge is 0.0576 e. The van der Waals surface area contributed by atoms with Gasteiger partial charge in [-0.2, -0.15) is 0 Å². The van der Waals surface area contributed by atoms with Crippen LogP contribution in [0.5, 0.6) is 0 Å². The van der Waals surface area contributed by atoms with E-state index in [-0.39, 0.29) is 0 Å². The molecule has 0 aromatic rings. The first-order valence-corrected chi connectivity index (χ1v) is 7.07. The molecule has 0 aromatic carbocycles. The second-order valence-electron chi connectivity index (χ2n) is 5.48. The maximum atomic E-state index is 5.92. The van der Waals surface area contributed by atoms with Crippen molar-refractivity contribution in [3.05, 3.63) is 0 Å². The summed E-state index contributed by atoms with van der Waals surface area (Å²) in [5.74, 6) is 0.766. The molecule has 0 saturated heterocycles. The van der Waals surface area contributed by atoms with Crippen LogP contribution in [0.2, 0.25) is 0 Å². The van der Waals surface area contributed by atoms with E-state index < -0.39 is 0 Å². The Bertz CT molecular complexity index is 162. The third kappa shape index (κ3) is 5.86. The van der Waals surface area contributed by atoms with Crippen LogP contribution in [0.4, 0.5) is 0 Å². The Hall–Kier alpha value is -0.0800. The first-order chi connectivity index (χ1) is 7.72. The fourth-order valence-corrected chi connectivity index (χ4v) is 2.25. The molecule has 1 aliphatic rings. The zero-order valence-electron chi connectivity index (χ0n) is 11.3. The van der Waals surface area contributed by atoms with Gasteiger partial charge in [-0.25, -0.2) is 0 Å². The van der Waals surface area contributed by atoms with E-state index in [2.05, 4.69) is 26.1 Å². The molecule has 1 aliphatic carbocycles. The van der Waals surface area contributed by atoms with Crippen molar-refractivity contribution in [3.63, 3.8) is 0 Å². The summed E-state index contributed by atoms with van der Waals surface area (Å²) in [6, 6.07) is 0.755. The molecule has 1 fully saturated rings. The number of hydrogen-bond acceptors (Lipinski definition) is 2. The van der Waals surface area contributed by atoms with Crippen LogP contribution < -0.4 is 5.32 Å². The maximum Gasteiger partial charge on any atom is 0.0576 e. The highest BCUT2D eigenvalue weighted by molar-refractivity contribution is 4.77. The Morgan fingerprint density at radius 2 is 1.88 bits per heavy atom. The van der Waals surface area contributed by atoms with Crippen molar-refractivity contribution in [3.8, 4) is 0 Å². The maximum absolute atomic E-state index is 5.92. The highest BCUT2D eigenvalue weighted by Crippen LogP contribution is 2.21. The van der Waals surface area contributed by atoms with Crippen LogP contribution in [-0.2, 0) is 4.74 Å². The summed E-state index contributed by atoms with van der Waals surface area (Å²) in [5, 5.41) is 3.61. The molecule has 1 N–H and O–H groups in total. The van der Waals surface area contributed by atoms with Gasteiger partial charge in [-0.15, -0.1) is 0 Å². The molecule has 0 heterocycles. The lowest BCUT2D eigenvalue weighted by atomic mass is 9.93. The highest BCUT2D eigenvalue weighted by atomic mass is 16.5. The summed E-state index contributed by atoms with van der Waals surface area (Å²) >= 11 is 0. The van der Waals surface area contributed by atoms with Gasteiger partial charge >= 0.3 is 0 Å². The Balaban J connectivity index is 2.03. The van der Waals surface area contributed by atoms with Crippen molar-refractivity contribution in [1.29, 1.82) is 0 Å². The van der Waals surface area contributed by atoms with E-state index in [0.29, 0.717) is 6.10 Å². The molecule has 0 amide bonds. The molecular weight excluding hydrogens is 198 g/mol. The van der Waals surface area contributed by atoms with E-state index >= 15 is 0 Å². The van der Waals surface area contributed by atoms with Gasteiger partial charge in [-0.3, -0.25) is 0 Å². The van der Waals surface area contributed by atoms with Crippen LogP contribution in [0.1, 0.15) is 59.3 Å². The van der Waals surface area contributed by atoms with Crippen molar-refractivity contribution < 1.29 is 4.74 Å². The number of rotatable bonds is 7. The third-order valence-corrected chi connectivity index (χ3v) is 3.41. The fraction of sp³-hybridized carbons (Fsp3) is 1.00. The Labute approximate surface area is 101 Å². The zero-order chi connectivity index (χ0) is 11.8. The van der Waals surface area contributed by atoms with Gasteiger partial charge in [0.1, 0.15) is 0 Å². The van der Waals surface area contributed by atoms with Crippen LogP contribution >= 0.6 is 0 Å². The topological polar surface area (TPSA) is 21.3 Å². The second-order valence-corrected chi connectivity index (χ2v) is 5.48. The van der Waals surface area contributed by atoms with Gasteiger partial charge in [0.05, 0.1) is 6.10 Å². The summed E-state index contributed by atoms with van der Waals surface area (Å²) in [6.45, 7) is 8.87. The van der Waals surface area contributed by atoms with Crippen LogP contribution in [0.25, 0.3) is 0 Å². The minimum Gasteiger partial charge on any atom is -0.378 e. The molecule has 0 unspecified atom stereocenters. The lowest BCUT2D eigenvalue weighted by Crippen LogP contribution is -2.35. The largest absolute Gasteiger partial charge is 0.378 e. The van der Waals surface area contributed by atoms with Crippen molar-refractivity contribution in [2.24, 2.45) is 5.92 Å². The third-order valence-electron chi connectivity index (χ3n) is 3.41. The highest BCUT2D eigenvalue weighted by Gasteiger charge is 2.20. The van der Waals surface area contributed by atoms with Crippen LogP contribution in [0.3, 0.4) is 0 Å². The molecule has 1 rings (SSSR count). The first-order valence-electron chi connectivity index (χ1n) is 7.07. The van der Waals surface area contributed by atoms with Crippen LogP contribution in [-0.4, -0.2) is 25.3 Å². The Morgan fingerprint density at radius 3 is 2.44 bits per heavy atom. The van der Waals surface area contributed by atoms with Crippen molar-refractivity contribution in [2.45, 2.75) is 71.4 Å². The molecule has 0 atom stereocenters. The van der Waals surface area contributed by atoms with Gasteiger partial charge in [0.15, 0.2) is 0 Å². The number of ether oxygens (including phenoxy) is 1. The lowest BCUT2D eigenvalue weighted by molar-refractivity contribution is 0.0174. The number of nitrogens with one attached hydrogen (secondary N) is 1. The van der Waals surface area contributed by atoms with Gasteiger partial charge in [0.25, 0.3) is 0 Å². The van der Waals surface area contributed by atoms with E-state index in [0.717, 1.165) is 18.6 Å². The monoisotopic (exact) mass is 227 g/mol. The predicted molar refractivity (Wildman–Crippen MR) is 69.7 cm³/mol. The van der Waals surface area contributed by atoms with Crippen molar-refractivity contribution >= 4 is 0 Å². The molecule has 0 spiro atoms. The summed E-state index contributed by atoms with van der Waals surface area (Å²) in [4.78, 5) is 0. The quantitative estimate of drug-likeness (QED) is 0.720. The number of hydrogen-bond donors (Lipinski definition) is 1. The molecule has 0 radical (unpaired) electrons. The standard InChI is InChI=1S/C14H29NO/c1-4-10-15-13-5-7-14(8-6-13)16-11-9-12(2)3/h12-15H,4-11H2,1-3H3. The second kappa shape index (κ2) is 8.08. The molecule has 96 valence electrons. The van der Waals surface area contributed by atoms with Crippen LogP contribution in [0.15, 0.2) is 0 Å². The van der Waals surface area contributed by atoms with E-state index in [1.165, 1.54) is 45.1 Å². The molecule has 1 saturated carbocycles. The van der Waals surface area contributed by atoms with Gasteiger partial charge in [-0.1, -0.05) is 20.8 Å². The molecular formula is C14H29NO. The molecule has 2 nitrogen and oxygen atoms in total. The van der Waals surface area contributed by atoms with E-state index in [4.69, 9.17) is 4.74 Å². The molecule has 0 bridgehead atoms. The summed E-state index contributed by atoms with van der Waals surface area (Å²) in [7, 11) is 0. The summed E-state index contributed by atoms with van der Waals surface area (Å²) < 4.78 is 5.92. The molecule has 0 aliphatic heterocycles. The zero-order valence-corrected chi connectivity index (χ0v) is 11.3. The Morgan fingerprint density at radius 1 is 1.19 bits per heavy atom. The van der Waals surface area contributed by atoms with Gasteiger partial charge in [-0.05, 0) is 51.0 Å². The normalized spacial score (nSPS) is 26.2.